The lowest BCUT2D eigenvalue weighted by Gasteiger charge is -1.13. The van der Waals surface area contributed by atoms with Gasteiger partial charge in [0, 0.05) is 14.2 Å². The lowest BCUT2D eigenvalue weighted by Crippen LogP contribution is -0.913. The van der Waals surface area contributed by atoms with Gasteiger partial charge in [-0.05, 0) is 0 Å². The van der Waals surface area contributed by atoms with Gasteiger partial charge in [0.15, 0.2) is 0 Å². The maximum absolute atomic E-state index is 6.47. The normalized spacial score (nSPS) is 6.00. The molecule has 0 radical (unpaired) electrons. The van der Waals surface area contributed by atoms with Gasteiger partial charge < -0.3 is 0 Å². The second-order valence-electron chi connectivity index (χ2n) is 0.204. The summed E-state index contributed by atoms with van der Waals surface area (Å²) in [6.45, 7) is 0. The Hall–Kier alpha value is -0.350. The summed E-state index contributed by atoms with van der Waals surface area (Å²) in [6.07, 6.45) is 0. The van der Waals surface area contributed by atoms with Crippen LogP contribution in [0.5, 0.6) is 0 Å². The Labute approximate surface area is 31.9 Å². The molecule has 1 aromatic rings. The van der Waals surface area contributed by atoms with Crippen molar-refractivity contribution in [3.8, 4) is 0 Å². The van der Waals surface area contributed by atoms with Gasteiger partial charge in [-0.3, -0.25) is 4.66 Å². The van der Waals surface area contributed by atoms with E-state index in [1.54, 1.807) is 0 Å². The molecule has 0 fully saturated rings. The van der Waals surface area contributed by atoms with Gasteiger partial charge in [-0.25, -0.2) is 0 Å². The Bertz CT molecular complexity index is 31.7. The first-order valence-electron chi connectivity index (χ1n) is 0.669. The molecular weight excluding hydrogens is 99.4 g/mol. The van der Waals surface area contributed by atoms with Crippen LogP contribution >= 0.6 is 11.9 Å². The van der Waals surface area contributed by atoms with Crippen LogP contribution in [0.2, 0.25) is 0 Å². The number of hydrogen-bond donors (Lipinski definition) is 1. The van der Waals surface area contributed by atoms with Crippen molar-refractivity contribution in [2.75, 3.05) is 0 Å². The summed E-state index contributed by atoms with van der Waals surface area (Å²) in [5, 5.41) is 0. The molecule has 0 saturated heterocycles. The quantitative estimate of drug-likeness (QED) is 0.485. The van der Waals surface area contributed by atoms with Gasteiger partial charge in [0.1, 0.15) is 0 Å². The molecule has 5 heavy (non-hydrogen) atoms. The van der Waals surface area contributed by atoms with E-state index >= 15 is 0 Å². The summed E-state index contributed by atoms with van der Waals surface area (Å²) < 4.78 is 17.0. The van der Waals surface area contributed by atoms with Crippen molar-refractivity contribution in [3.63, 3.8) is 0 Å². The van der Waals surface area contributed by atoms with Crippen molar-refractivity contribution < 1.29 is 18.9 Å². The zero-order chi connectivity index (χ0) is 4.12. The molecule has 1 rings (SSSR count). The summed E-state index contributed by atoms with van der Waals surface area (Å²) in [7, 11) is 0. The van der Waals surface area contributed by atoms with Crippen LogP contribution in [0, 0.1) is 0 Å². The standard InChI is InChI=1S/ClHO.O3/c1-2;1-2-3-1/h2H;. The topological polar surface area (TPSA) is 59.7 Å². The second-order valence-corrected chi connectivity index (χ2v) is 0.204. The van der Waals surface area contributed by atoms with Crippen molar-refractivity contribution >= 4 is 11.9 Å². The molecule has 0 saturated carbocycles. The van der Waals surface area contributed by atoms with Crippen LogP contribution in [-0.2, 0) is 0 Å². The SMILES string of the molecule is OCl.o1oo1. The van der Waals surface area contributed by atoms with E-state index in [2.05, 4.69) is 26.1 Å². The Morgan fingerprint density at radius 3 is 1.20 bits per heavy atom. The molecule has 0 unspecified atom stereocenters. The largest absolute Gasteiger partial charge is 0.295 e. The van der Waals surface area contributed by atoms with Crippen LogP contribution in [0.25, 0.3) is 0 Å². The molecule has 0 bridgehead atoms. The molecule has 0 spiro atoms. The van der Waals surface area contributed by atoms with Crippen LogP contribution in [0.4, 0.5) is 0 Å². The van der Waals surface area contributed by atoms with E-state index in [0.717, 1.165) is 0 Å². The van der Waals surface area contributed by atoms with E-state index in [1.165, 1.54) is 0 Å². The zero-order valence-electron chi connectivity index (χ0n) is 2.05. The van der Waals surface area contributed by atoms with Crippen molar-refractivity contribution in [1.82, 2.24) is 0 Å². The van der Waals surface area contributed by atoms with Gasteiger partial charge in [-0.2, -0.15) is 0 Å². The fourth-order valence-electron chi connectivity index (χ4n) is 0. The molecule has 0 amide bonds. The summed E-state index contributed by atoms with van der Waals surface area (Å²) in [5.74, 6) is 0. The molecule has 5 heteroatoms. The minimum absolute atomic E-state index is 3.50. The first-order valence-corrected chi connectivity index (χ1v) is 1.01. The molecule has 1 N–H and O–H groups in total. The molecule has 1 heterocycles. The fourth-order valence-corrected chi connectivity index (χ4v) is 0. The fraction of sp³-hybridized carbons (Fsp3) is 0. The van der Waals surface area contributed by atoms with Gasteiger partial charge in [-0.1, -0.05) is 0 Å². The Balaban J connectivity index is 0.0000000733. The lowest BCUT2D eigenvalue weighted by atomic mass is 15.2. The highest BCUT2D eigenvalue weighted by Gasteiger charge is 1.63. The molecule has 0 aliphatic carbocycles. The summed E-state index contributed by atoms with van der Waals surface area (Å²) in [6, 6.07) is 0. The maximum Gasteiger partial charge on any atom is 0.0579 e. The summed E-state index contributed by atoms with van der Waals surface area (Å²) >= 11 is 3.64. The monoisotopic (exact) mass is 100.0 g/mol. The van der Waals surface area contributed by atoms with E-state index < -0.39 is 0 Å². The molecule has 4 nitrogen and oxygen atoms in total. The molecule has 0 aromatic carbocycles. The highest BCUT2D eigenvalue weighted by molar-refractivity contribution is 6.04. The van der Waals surface area contributed by atoms with Crippen molar-refractivity contribution in [2.24, 2.45) is 0 Å². The van der Waals surface area contributed by atoms with E-state index in [-0.39, 0.29) is 0 Å². The number of hydrogen-bond acceptors (Lipinski definition) is 4. The third kappa shape index (κ3) is 23.5. The summed E-state index contributed by atoms with van der Waals surface area (Å²) in [5.41, 5.74) is 0. The van der Waals surface area contributed by atoms with Crippen LogP contribution in [0.15, 0.2) is 14.2 Å². The smallest absolute Gasteiger partial charge is 0.0579 e. The van der Waals surface area contributed by atoms with Crippen LogP contribution < -0.4 is 0 Å². The van der Waals surface area contributed by atoms with Crippen molar-refractivity contribution in [3.05, 3.63) is 0 Å². The maximum atomic E-state index is 6.47. The van der Waals surface area contributed by atoms with Gasteiger partial charge in [0.2, 0.25) is 0 Å². The van der Waals surface area contributed by atoms with Gasteiger partial charge in [-0.15, -0.1) is 0 Å². The van der Waals surface area contributed by atoms with Crippen LogP contribution in [0.1, 0.15) is 0 Å². The molecule has 1 aromatic heterocycles. The molecule has 0 atom stereocenters. The van der Waals surface area contributed by atoms with Crippen molar-refractivity contribution in [2.45, 2.75) is 0 Å². The van der Waals surface area contributed by atoms with Gasteiger partial charge in [0.05, 0.1) is 11.9 Å². The number of rotatable bonds is 0. The summed E-state index contributed by atoms with van der Waals surface area (Å²) in [4.78, 5) is 0. The number of halogens is 1. The lowest BCUT2D eigenvalue weighted by molar-refractivity contribution is 0.264. The first-order chi connectivity index (χ1) is 2.50. The van der Waals surface area contributed by atoms with E-state index in [0.29, 0.717) is 0 Å². The third-order valence-corrected chi connectivity index (χ3v) is 0.0680. The highest BCUT2D eigenvalue weighted by Crippen LogP contribution is 1.79. The predicted octanol–water partition coefficient (Wildman–Crippen LogP) is 0.598. The molecule has 0 aliphatic rings. The second kappa shape index (κ2) is 3.65. The minimum atomic E-state index is 3.50. The van der Waals surface area contributed by atoms with Crippen LogP contribution in [-0.4, -0.2) is 4.66 Å². The van der Waals surface area contributed by atoms with Gasteiger partial charge >= 0.3 is 0 Å². The molecule has 0 aliphatic heterocycles. The molecule has 32 valence electrons. The van der Waals surface area contributed by atoms with Gasteiger partial charge in [0.25, 0.3) is 0 Å². The Kier molecular flexibility index (Phi) is 3.39. The van der Waals surface area contributed by atoms with Crippen LogP contribution in [0.3, 0.4) is 0 Å². The molecular formula is HClO4. The highest BCUT2D eigenvalue weighted by atomic mass is 35.5. The van der Waals surface area contributed by atoms with Crippen molar-refractivity contribution in [1.29, 1.82) is 0 Å². The Morgan fingerprint density at radius 2 is 1.20 bits per heavy atom. The first kappa shape index (κ1) is 4.65. The van der Waals surface area contributed by atoms with E-state index in [4.69, 9.17) is 4.66 Å². The van der Waals surface area contributed by atoms with E-state index in [9.17, 15) is 0 Å². The zero-order valence-corrected chi connectivity index (χ0v) is 2.81. The third-order valence-electron chi connectivity index (χ3n) is 0.0680. The predicted molar refractivity (Wildman–Crippen MR) is 11.3 cm³/mol. The Morgan fingerprint density at radius 1 is 1.00 bits per heavy atom. The minimum Gasteiger partial charge on any atom is -0.295 e. The average Bonchev–Trinajstić information content (AvgIpc) is 2.19. The average molecular weight is 100 g/mol. The van der Waals surface area contributed by atoms with E-state index in [1.807, 2.05) is 0 Å².